The summed E-state index contributed by atoms with van der Waals surface area (Å²) in [5.41, 5.74) is 2.70. The minimum absolute atomic E-state index is 0.115. The molecule has 0 bridgehead atoms. The van der Waals surface area contributed by atoms with Gasteiger partial charge in [0.2, 0.25) is 0 Å². The molecule has 0 saturated carbocycles. The Morgan fingerprint density at radius 2 is 1.64 bits per heavy atom. The zero-order valence-electron chi connectivity index (χ0n) is 32.8. The third-order valence-corrected chi connectivity index (χ3v) is 12.3. The van der Waals surface area contributed by atoms with Crippen LogP contribution in [-0.2, 0) is 16.4 Å². The van der Waals surface area contributed by atoms with Crippen LogP contribution in [0.15, 0.2) is 101 Å². The number of piperazine rings is 1. The second-order valence-corrected chi connectivity index (χ2v) is 17.2. The summed E-state index contributed by atoms with van der Waals surface area (Å²) in [5, 5.41) is 15.6. The van der Waals surface area contributed by atoms with Crippen molar-refractivity contribution in [2.75, 3.05) is 98.7 Å². The monoisotopic (exact) mass is 803 g/mol. The van der Waals surface area contributed by atoms with Crippen LogP contribution >= 0.6 is 11.8 Å². The first-order chi connectivity index (χ1) is 26.8. The molecule has 13 nitrogen and oxygen atoms in total. The summed E-state index contributed by atoms with van der Waals surface area (Å²) in [6, 6.07) is 26.0. The number of likely N-dealkylation sites (N-methyl/N-ethyl adjacent to an activating group) is 3. The highest BCUT2D eigenvalue weighted by atomic mass is 32.2. The summed E-state index contributed by atoms with van der Waals surface area (Å²) in [7, 11) is 5.47. The first-order valence-electron chi connectivity index (χ1n) is 18.6. The van der Waals surface area contributed by atoms with Crippen molar-refractivity contribution in [3.63, 3.8) is 0 Å². The molecule has 1 heterocycles. The normalized spacial score (nSPS) is 14.5. The molecule has 1 atom stereocenters. The molecule has 56 heavy (non-hydrogen) atoms. The highest BCUT2D eigenvalue weighted by molar-refractivity contribution is 7.99. The van der Waals surface area contributed by atoms with Gasteiger partial charge < -0.3 is 24.8 Å². The molecule has 1 aliphatic heterocycles. The summed E-state index contributed by atoms with van der Waals surface area (Å²) in [6.07, 6.45) is 0.863. The quantitative estimate of drug-likeness (QED) is 0.0728. The summed E-state index contributed by atoms with van der Waals surface area (Å²) in [4.78, 5) is 34.6. The van der Waals surface area contributed by atoms with Crippen LogP contribution in [0.3, 0.4) is 0 Å². The Kier molecular flexibility index (Phi) is 15.3. The fourth-order valence-corrected chi connectivity index (χ4v) is 8.27. The van der Waals surface area contributed by atoms with E-state index in [1.807, 2.05) is 42.5 Å². The number of sulfonamides is 1. The van der Waals surface area contributed by atoms with Gasteiger partial charge in [0.05, 0.1) is 16.9 Å². The number of hydrogen-bond donors (Lipinski definition) is 2. The number of hydrogen-bond acceptors (Lipinski definition) is 12. The van der Waals surface area contributed by atoms with E-state index in [1.165, 1.54) is 24.3 Å². The molecular weight excluding hydrogens is 751 g/mol. The van der Waals surface area contributed by atoms with E-state index < -0.39 is 26.5 Å². The van der Waals surface area contributed by atoms with Gasteiger partial charge in [0.1, 0.15) is 11.4 Å². The van der Waals surface area contributed by atoms with Gasteiger partial charge in [-0.3, -0.25) is 19.8 Å². The minimum atomic E-state index is -4.46. The Hall–Kier alpha value is -4.51. The maximum absolute atomic E-state index is 13.4. The fraction of sp³-hybridized carbons (Fsp3) is 0.390. The van der Waals surface area contributed by atoms with Crippen molar-refractivity contribution >= 4 is 39.1 Å². The molecule has 1 amide bonds. The van der Waals surface area contributed by atoms with Gasteiger partial charge in [-0.15, -0.1) is 11.8 Å². The van der Waals surface area contributed by atoms with Crippen molar-refractivity contribution in [1.29, 1.82) is 0 Å². The van der Waals surface area contributed by atoms with Crippen molar-refractivity contribution in [2.24, 2.45) is 0 Å². The predicted molar refractivity (Wildman–Crippen MR) is 224 cm³/mol. The molecule has 1 aliphatic rings. The zero-order chi connectivity index (χ0) is 40.2. The van der Waals surface area contributed by atoms with Crippen molar-refractivity contribution in [3.05, 3.63) is 112 Å². The number of nitro benzene ring substituents is 1. The lowest BCUT2D eigenvalue weighted by Crippen LogP contribution is -2.48. The van der Waals surface area contributed by atoms with E-state index in [0.717, 1.165) is 79.9 Å². The molecule has 4 aromatic carbocycles. The third-order valence-electron chi connectivity index (χ3n) is 9.77. The molecule has 0 unspecified atom stereocenters. The van der Waals surface area contributed by atoms with E-state index in [2.05, 4.69) is 63.9 Å². The van der Waals surface area contributed by atoms with E-state index in [1.54, 1.807) is 31.0 Å². The van der Waals surface area contributed by atoms with Crippen LogP contribution in [0.25, 0.3) is 11.1 Å². The van der Waals surface area contributed by atoms with Crippen LogP contribution in [0.4, 0.5) is 11.4 Å². The van der Waals surface area contributed by atoms with Crippen LogP contribution in [-0.4, -0.2) is 138 Å². The molecule has 2 N–H and O–H groups in total. The Morgan fingerprint density at radius 3 is 2.30 bits per heavy atom. The molecule has 4 aromatic rings. The molecule has 300 valence electrons. The second-order valence-electron chi connectivity index (χ2n) is 14.4. The van der Waals surface area contributed by atoms with E-state index in [4.69, 9.17) is 4.74 Å². The summed E-state index contributed by atoms with van der Waals surface area (Å²) in [6.45, 7) is 7.14. The molecule has 0 aromatic heterocycles. The van der Waals surface area contributed by atoms with Crippen molar-refractivity contribution in [2.45, 2.75) is 22.3 Å². The molecule has 0 spiro atoms. The number of nitrogens with zero attached hydrogens (tertiary/aromatic N) is 5. The first kappa shape index (κ1) is 42.6. The zero-order valence-corrected chi connectivity index (χ0v) is 34.4. The maximum Gasteiger partial charge on any atom is 0.293 e. The molecule has 1 fully saturated rings. The predicted octanol–water partition coefficient (Wildman–Crippen LogP) is 5.25. The van der Waals surface area contributed by atoms with E-state index in [-0.39, 0.29) is 22.2 Å². The van der Waals surface area contributed by atoms with Crippen molar-refractivity contribution in [1.82, 2.24) is 24.3 Å². The summed E-state index contributed by atoms with van der Waals surface area (Å²) >= 11 is 1.65. The SMILES string of the molecule is COc1cc(CCN(C)CCN(C)C)ccc1-c1ccc(C(=O)NS(=O)(=O)c2ccc(N[C@@H](CSc3ccccc3)CN3CCN(C)CC3)c([N+](=O)[O-])c2)cc1. The number of carbonyl (C=O) groups excluding carboxylic acids is 1. The number of carbonyl (C=O) groups is 1. The average molecular weight is 804 g/mol. The number of nitro groups is 1. The number of methoxy groups -OCH3 is 1. The van der Waals surface area contributed by atoms with Gasteiger partial charge in [-0.1, -0.05) is 42.5 Å². The Balaban J connectivity index is 1.26. The van der Waals surface area contributed by atoms with E-state index in [9.17, 15) is 23.3 Å². The van der Waals surface area contributed by atoms with Gasteiger partial charge in [0, 0.05) is 86.2 Å². The standard InChI is InChI=1S/C41H53N7O6S2/c1-44(2)21-22-45(3)20-19-31-11-17-37(40(27-31)54-5)32-12-14-33(15-13-32)41(49)43-56(52,53)36-16-18-38(39(28-36)48(50)51)42-34(29-47-25-23-46(4)24-26-47)30-55-35-9-7-6-8-10-35/h6-18,27-28,34,42H,19-26,29-30H2,1-5H3,(H,43,49)/t34-/m1/s1. The van der Waals surface area contributed by atoms with Crippen LogP contribution in [0.5, 0.6) is 5.75 Å². The van der Waals surface area contributed by atoms with Gasteiger partial charge >= 0.3 is 0 Å². The highest BCUT2D eigenvalue weighted by Crippen LogP contribution is 2.32. The van der Waals surface area contributed by atoms with Gasteiger partial charge in [0.25, 0.3) is 21.6 Å². The topological polar surface area (TPSA) is 141 Å². The molecule has 15 heteroatoms. The average Bonchev–Trinajstić information content (AvgIpc) is 3.19. The smallest absolute Gasteiger partial charge is 0.293 e. The van der Waals surface area contributed by atoms with Crippen LogP contribution in [0, 0.1) is 10.1 Å². The van der Waals surface area contributed by atoms with Crippen molar-refractivity contribution in [3.8, 4) is 16.9 Å². The Bertz CT molecular complexity index is 2030. The molecular formula is C41H53N7O6S2. The number of benzene rings is 4. The number of rotatable bonds is 19. The lowest BCUT2D eigenvalue weighted by Gasteiger charge is -2.35. The molecule has 0 radical (unpaired) electrons. The van der Waals surface area contributed by atoms with E-state index in [0.29, 0.717) is 18.0 Å². The fourth-order valence-electron chi connectivity index (χ4n) is 6.34. The number of amides is 1. The molecule has 5 rings (SSSR count). The Labute approximate surface area is 335 Å². The summed E-state index contributed by atoms with van der Waals surface area (Å²) in [5.74, 6) is 0.473. The number of ether oxygens (including phenoxy) is 1. The largest absolute Gasteiger partial charge is 0.496 e. The van der Waals surface area contributed by atoms with Gasteiger partial charge in [-0.05, 0) is 88.2 Å². The van der Waals surface area contributed by atoms with Crippen molar-refractivity contribution < 1.29 is 22.9 Å². The number of anilines is 1. The first-order valence-corrected chi connectivity index (χ1v) is 21.1. The lowest BCUT2D eigenvalue weighted by molar-refractivity contribution is -0.384. The van der Waals surface area contributed by atoms with Gasteiger partial charge in [-0.2, -0.15) is 0 Å². The molecule has 0 aliphatic carbocycles. The van der Waals surface area contributed by atoms with Crippen LogP contribution in [0.1, 0.15) is 15.9 Å². The van der Waals surface area contributed by atoms with Crippen LogP contribution in [0.2, 0.25) is 0 Å². The minimum Gasteiger partial charge on any atom is -0.496 e. The molecule has 1 saturated heterocycles. The lowest BCUT2D eigenvalue weighted by atomic mass is 10.00. The third kappa shape index (κ3) is 12.2. The van der Waals surface area contributed by atoms with E-state index >= 15 is 0 Å². The summed E-state index contributed by atoms with van der Waals surface area (Å²) < 4.78 is 34.6. The van der Waals surface area contributed by atoms with Crippen LogP contribution < -0.4 is 14.8 Å². The highest BCUT2D eigenvalue weighted by Gasteiger charge is 2.26. The number of nitrogens with one attached hydrogen (secondary N) is 2. The Morgan fingerprint density at radius 1 is 0.929 bits per heavy atom. The second kappa shape index (κ2) is 20.1. The van der Waals surface area contributed by atoms with Gasteiger partial charge in [0.15, 0.2) is 0 Å². The number of thioether (sulfide) groups is 1. The maximum atomic E-state index is 13.4. The van der Waals surface area contributed by atoms with Gasteiger partial charge in [-0.25, -0.2) is 13.1 Å².